The average molecular weight is 699 g/mol. The van der Waals surface area contributed by atoms with Crippen molar-refractivity contribution in [1.29, 1.82) is 0 Å². The minimum atomic E-state index is -0.472. The second-order valence-corrected chi connectivity index (χ2v) is 15.6. The summed E-state index contributed by atoms with van der Waals surface area (Å²) in [7, 11) is 0. The van der Waals surface area contributed by atoms with E-state index in [9.17, 15) is 0 Å². The second-order valence-electron chi connectivity index (χ2n) is 13.5. The van der Waals surface area contributed by atoms with E-state index >= 15 is 0 Å². The number of rotatable bonds is 3. The number of pyridine rings is 1. The molecule has 1 spiro atoms. The van der Waals surface area contributed by atoms with E-state index < -0.39 is 5.41 Å². The van der Waals surface area contributed by atoms with Crippen LogP contribution in [0.5, 0.6) is 0 Å². The molecule has 0 radical (unpaired) electrons. The smallest absolute Gasteiger partial charge is 0.0745 e. The minimum Gasteiger partial charge on any atom is -0.309 e. The number of para-hydroxylation sites is 3. The summed E-state index contributed by atoms with van der Waals surface area (Å²) in [4.78, 5) is 9.89. The maximum absolute atomic E-state index is 4.74. The van der Waals surface area contributed by atoms with E-state index in [4.69, 9.17) is 4.98 Å². The quantitative estimate of drug-likeness (QED) is 0.183. The summed E-state index contributed by atoms with van der Waals surface area (Å²) in [6.07, 6.45) is 1.88. The molecule has 2 aromatic heterocycles. The molecule has 7 aromatic carbocycles. The summed E-state index contributed by atoms with van der Waals surface area (Å²) in [6.45, 7) is 0. The average Bonchev–Trinajstić information content (AvgIpc) is 3.56. The highest BCUT2D eigenvalue weighted by atomic mass is 32.2. The van der Waals surface area contributed by atoms with E-state index in [1.165, 1.54) is 74.8 Å². The Bertz CT molecular complexity index is 2810. The van der Waals surface area contributed by atoms with Crippen LogP contribution in [-0.2, 0) is 5.41 Å². The molecule has 2 aliphatic heterocycles. The molecule has 0 N–H and O–H groups in total. The molecule has 9 aromatic rings. The maximum atomic E-state index is 4.74. The molecule has 11 rings (SSSR count). The monoisotopic (exact) mass is 698 g/mol. The molecule has 0 bridgehead atoms. The minimum absolute atomic E-state index is 0.472. The van der Waals surface area contributed by atoms with Crippen molar-refractivity contribution in [3.63, 3.8) is 0 Å². The van der Waals surface area contributed by atoms with Gasteiger partial charge in [0, 0.05) is 53.4 Å². The molecule has 4 heteroatoms. The first-order valence-corrected chi connectivity index (χ1v) is 19.3. The van der Waals surface area contributed by atoms with Gasteiger partial charge in [0.15, 0.2) is 0 Å². The number of benzene rings is 7. The van der Waals surface area contributed by atoms with Crippen LogP contribution in [0.4, 0.5) is 0 Å². The van der Waals surface area contributed by atoms with Gasteiger partial charge in [0.2, 0.25) is 0 Å². The number of hydrogen-bond donors (Lipinski definition) is 0. The van der Waals surface area contributed by atoms with Crippen molar-refractivity contribution in [3.05, 3.63) is 204 Å². The van der Waals surface area contributed by atoms with Crippen molar-refractivity contribution in [1.82, 2.24) is 9.55 Å². The Morgan fingerprint density at radius 2 is 1.04 bits per heavy atom. The van der Waals surface area contributed by atoms with Crippen LogP contribution in [-0.4, -0.2) is 9.55 Å². The zero-order valence-electron chi connectivity index (χ0n) is 28.0. The van der Waals surface area contributed by atoms with Crippen molar-refractivity contribution < 1.29 is 0 Å². The Hall–Kier alpha value is -5.81. The van der Waals surface area contributed by atoms with Crippen LogP contribution < -0.4 is 0 Å². The first kappa shape index (κ1) is 29.9. The normalized spacial score (nSPS) is 13.8. The Balaban J connectivity index is 1.21. The van der Waals surface area contributed by atoms with E-state index in [-0.39, 0.29) is 0 Å². The fourth-order valence-electron chi connectivity index (χ4n) is 8.63. The number of aromatic nitrogens is 2. The Morgan fingerprint density at radius 3 is 1.79 bits per heavy atom. The standard InChI is InChI=1S/C48H30N2S2/c1-2-13-33(14-3-1)50-42-21-7-4-15-35(42)36-17-12-16-34(47(36)50)31-24-26-39-45(29-31)52-46-30-32(41-20-10-11-28-49-41)25-27-40(46)48(39)37-18-5-8-22-43(37)51-44-23-9-6-19-38(44)48/h1-30H. The lowest BCUT2D eigenvalue weighted by molar-refractivity contribution is 0.667. The number of hydrogen-bond acceptors (Lipinski definition) is 3. The van der Waals surface area contributed by atoms with Crippen molar-refractivity contribution in [2.45, 2.75) is 25.0 Å². The molecule has 0 unspecified atom stereocenters. The first-order valence-electron chi connectivity index (χ1n) is 17.6. The van der Waals surface area contributed by atoms with E-state index in [1.807, 2.05) is 35.8 Å². The highest BCUT2D eigenvalue weighted by Gasteiger charge is 2.48. The molecule has 0 saturated heterocycles. The van der Waals surface area contributed by atoms with Gasteiger partial charge in [-0.2, -0.15) is 0 Å². The lowest BCUT2D eigenvalue weighted by Crippen LogP contribution is -2.36. The maximum Gasteiger partial charge on any atom is 0.0745 e. The third kappa shape index (κ3) is 4.25. The van der Waals surface area contributed by atoms with Crippen LogP contribution in [0.1, 0.15) is 22.3 Å². The summed E-state index contributed by atoms with van der Waals surface area (Å²) < 4.78 is 2.44. The van der Waals surface area contributed by atoms with E-state index in [0.29, 0.717) is 0 Å². The van der Waals surface area contributed by atoms with Gasteiger partial charge in [-0.1, -0.05) is 145 Å². The third-order valence-corrected chi connectivity index (χ3v) is 13.0. The molecule has 0 saturated carbocycles. The molecule has 0 amide bonds. The third-order valence-electron chi connectivity index (χ3n) is 10.8. The highest BCUT2D eigenvalue weighted by molar-refractivity contribution is 8.00. The SMILES string of the molecule is c1ccc(-n2c3ccccc3c3cccc(-c4ccc5c(c4)Sc4cc(-c6ccccn6)ccc4C54c5ccccc5Sc5ccccc54)c32)cc1. The molecule has 244 valence electrons. The second kappa shape index (κ2) is 11.6. The van der Waals surface area contributed by atoms with Crippen LogP contribution in [0.3, 0.4) is 0 Å². The van der Waals surface area contributed by atoms with E-state index in [0.717, 1.165) is 16.9 Å². The molecule has 52 heavy (non-hydrogen) atoms. The van der Waals surface area contributed by atoms with Gasteiger partial charge >= 0.3 is 0 Å². The van der Waals surface area contributed by atoms with Crippen molar-refractivity contribution >= 4 is 45.3 Å². The molecule has 0 atom stereocenters. The van der Waals surface area contributed by atoms with Gasteiger partial charge in [-0.15, -0.1) is 0 Å². The Labute approximate surface area is 310 Å². The zero-order chi connectivity index (χ0) is 34.2. The van der Waals surface area contributed by atoms with Gasteiger partial charge in [-0.05, 0) is 82.4 Å². The summed E-state index contributed by atoms with van der Waals surface area (Å²) in [5.41, 5.74) is 13.0. The molecular weight excluding hydrogens is 669 g/mol. The molecule has 4 heterocycles. The van der Waals surface area contributed by atoms with Crippen LogP contribution in [0.2, 0.25) is 0 Å². The van der Waals surface area contributed by atoms with Gasteiger partial charge in [0.1, 0.15) is 0 Å². The molecule has 2 nitrogen and oxygen atoms in total. The summed E-state index contributed by atoms with van der Waals surface area (Å²) in [5, 5.41) is 2.52. The molecular formula is C48H30N2S2. The summed E-state index contributed by atoms with van der Waals surface area (Å²) in [5.74, 6) is 0. The fourth-order valence-corrected chi connectivity index (χ4v) is 11.1. The number of fused-ring (bicyclic) bond motifs is 11. The predicted molar refractivity (Wildman–Crippen MR) is 216 cm³/mol. The lowest BCUT2D eigenvalue weighted by Gasteiger charge is -2.45. The molecule has 0 aliphatic carbocycles. The van der Waals surface area contributed by atoms with Crippen molar-refractivity contribution in [2.75, 3.05) is 0 Å². The van der Waals surface area contributed by atoms with Gasteiger partial charge in [-0.3, -0.25) is 4.98 Å². The fraction of sp³-hybridized carbons (Fsp3) is 0.0208. The van der Waals surface area contributed by atoms with Crippen LogP contribution in [0, 0.1) is 0 Å². The van der Waals surface area contributed by atoms with Gasteiger partial charge in [-0.25, -0.2) is 0 Å². The highest BCUT2D eigenvalue weighted by Crippen LogP contribution is 2.62. The van der Waals surface area contributed by atoms with Crippen LogP contribution in [0.15, 0.2) is 202 Å². The summed E-state index contributed by atoms with van der Waals surface area (Å²) in [6, 6.07) is 64.7. The largest absolute Gasteiger partial charge is 0.309 e. The van der Waals surface area contributed by atoms with Crippen LogP contribution in [0.25, 0.3) is 49.9 Å². The van der Waals surface area contributed by atoms with Crippen molar-refractivity contribution in [2.24, 2.45) is 0 Å². The molecule has 2 aliphatic rings. The van der Waals surface area contributed by atoms with Gasteiger partial charge in [0.25, 0.3) is 0 Å². The first-order chi connectivity index (χ1) is 25.8. The zero-order valence-corrected chi connectivity index (χ0v) is 29.7. The number of nitrogens with zero attached hydrogens (tertiary/aromatic N) is 2. The van der Waals surface area contributed by atoms with Crippen LogP contribution >= 0.6 is 23.5 Å². The van der Waals surface area contributed by atoms with Gasteiger partial charge < -0.3 is 4.57 Å². The molecule has 0 fully saturated rings. The topological polar surface area (TPSA) is 17.8 Å². The van der Waals surface area contributed by atoms with Gasteiger partial charge in [0.05, 0.1) is 22.1 Å². The Kier molecular flexibility index (Phi) is 6.67. The van der Waals surface area contributed by atoms with E-state index in [1.54, 1.807) is 0 Å². The summed E-state index contributed by atoms with van der Waals surface area (Å²) >= 11 is 3.77. The van der Waals surface area contributed by atoms with E-state index in [2.05, 4.69) is 174 Å². The lowest BCUT2D eigenvalue weighted by atomic mass is 9.64. The Morgan fingerprint density at radius 1 is 0.442 bits per heavy atom. The van der Waals surface area contributed by atoms with Crippen molar-refractivity contribution in [3.8, 4) is 28.1 Å². The predicted octanol–water partition coefficient (Wildman–Crippen LogP) is 12.8.